The Kier molecular flexibility index (Phi) is 3.76. The molecule has 0 aromatic rings. The fourth-order valence-electron chi connectivity index (χ4n) is 1.83. The van der Waals surface area contributed by atoms with Crippen LogP contribution in [0.3, 0.4) is 0 Å². The average Bonchev–Trinajstić information content (AvgIpc) is 1.99. The van der Waals surface area contributed by atoms with E-state index in [-0.39, 0.29) is 12.7 Å². The maximum atomic E-state index is 9.42. The Balaban J connectivity index is 2.42. The zero-order valence-electron chi connectivity index (χ0n) is 7.50. The number of hydrogen-bond donors (Lipinski definition) is 2. The Morgan fingerprint density at radius 1 is 1.33 bits per heavy atom. The van der Waals surface area contributed by atoms with E-state index in [2.05, 4.69) is 6.58 Å². The molecule has 1 aliphatic rings. The predicted molar refractivity (Wildman–Crippen MR) is 48.8 cm³/mol. The van der Waals surface area contributed by atoms with Gasteiger partial charge in [-0.1, -0.05) is 18.6 Å². The lowest BCUT2D eigenvalue weighted by molar-refractivity contribution is 0.139. The summed E-state index contributed by atoms with van der Waals surface area (Å²) in [7, 11) is 0. The summed E-state index contributed by atoms with van der Waals surface area (Å²) in [6.07, 6.45) is 4.31. The van der Waals surface area contributed by atoms with Gasteiger partial charge >= 0.3 is 0 Å². The van der Waals surface area contributed by atoms with Gasteiger partial charge in [-0.05, 0) is 31.6 Å². The Hall–Kier alpha value is -0.340. The molecular weight excluding hydrogens is 152 g/mol. The van der Waals surface area contributed by atoms with Crippen molar-refractivity contribution in [3.63, 3.8) is 0 Å². The molecule has 0 aromatic carbocycles. The van der Waals surface area contributed by atoms with Gasteiger partial charge in [-0.15, -0.1) is 0 Å². The summed E-state index contributed by atoms with van der Waals surface area (Å²) in [5.41, 5.74) is 1.08. The van der Waals surface area contributed by atoms with Crippen LogP contribution < -0.4 is 0 Å². The highest BCUT2D eigenvalue weighted by molar-refractivity contribution is 4.99. The van der Waals surface area contributed by atoms with Crippen LogP contribution in [0.1, 0.15) is 32.1 Å². The summed E-state index contributed by atoms with van der Waals surface area (Å²) in [5.74, 6) is 0.380. The molecule has 0 bridgehead atoms. The standard InChI is InChI=1S/C10H18O2/c1-8-5-9(7-11)3-2-4-10(12)6-8/h9-12H,1-7H2/t9-,10+/m0/s1. The van der Waals surface area contributed by atoms with Crippen LogP contribution >= 0.6 is 0 Å². The lowest BCUT2D eigenvalue weighted by Crippen LogP contribution is -2.16. The average molecular weight is 170 g/mol. The molecule has 0 heterocycles. The van der Waals surface area contributed by atoms with Crippen molar-refractivity contribution in [3.8, 4) is 0 Å². The van der Waals surface area contributed by atoms with Crippen molar-refractivity contribution in [2.45, 2.75) is 38.2 Å². The minimum Gasteiger partial charge on any atom is -0.396 e. The fourth-order valence-corrected chi connectivity index (χ4v) is 1.83. The molecule has 1 aliphatic carbocycles. The molecule has 0 saturated heterocycles. The quantitative estimate of drug-likeness (QED) is 0.585. The molecule has 2 nitrogen and oxygen atoms in total. The van der Waals surface area contributed by atoms with E-state index in [1.165, 1.54) is 0 Å². The predicted octanol–water partition coefficient (Wildman–Crippen LogP) is 1.48. The molecule has 1 fully saturated rings. The molecule has 70 valence electrons. The second-order valence-corrected chi connectivity index (χ2v) is 3.79. The Bertz CT molecular complexity index is 154. The van der Waals surface area contributed by atoms with E-state index >= 15 is 0 Å². The SMILES string of the molecule is C=C1C[C@H](O)CCC[C@H](CO)C1. The van der Waals surface area contributed by atoms with Crippen LogP contribution in [-0.4, -0.2) is 22.9 Å². The molecular formula is C10H18O2. The molecule has 0 radical (unpaired) electrons. The van der Waals surface area contributed by atoms with Crippen molar-refractivity contribution >= 4 is 0 Å². The molecule has 2 heteroatoms. The Morgan fingerprint density at radius 3 is 2.75 bits per heavy atom. The molecule has 0 aromatic heterocycles. The Morgan fingerprint density at radius 2 is 2.08 bits per heavy atom. The Labute approximate surface area is 73.9 Å². The highest BCUT2D eigenvalue weighted by Gasteiger charge is 2.16. The molecule has 1 saturated carbocycles. The molecule has 12 heavy (non-hydrogen) atoms. The van der Waals surface area contributed by atoms with Gasteiger partial charge in [0.2, 0.25) is 0 Å². The molecule has 0 aliphatic heterocycles. The van der Waals surface area contributed by atoms with Crippen molar-refractivity contribution in [3.05, 3.63) is 12.2 Å². The second-order valence-electron chi connectivity index (χ2n) is 3.79. The lowest BCUT2D eigenvalue weighted by Gasteiger charge is -2.21. The zero-order chi connectivity index (χ0) is 8.97. The third-order valence-corrected chi connectivity index (χ3v) is 2.51. The monoisotopic (exact) mass is 170 g/mol. The lowest BCUT2D eigenvalue weighted by atomic mass is 9.88. The molecule has 2 atom stereocenters. The number of aliphatic hydroxyl groups excluding tert-OH is 2. The zero-order valence-corrected chi connectivity index (χ0v) is 7.50. The third kappa shape index (κ3) is 2.95. The van der Waals surface area contributed by atoms with E-state index in [1.54, 1.807) is 0 Å². The number of rotatable bonds is 1. The first-order valence-electron chi connectivity index (χ1n) is 4.68. The van der Waals surface area contributed by atoms with Gasteiger partial charge in [0, 0.05) is 6.61 Å². The fraction of sp³-hybridized carbons (Fsp3) is 0.800. The van der Waals surface area contributed by atoms with Crippen LogP contribution in [0.5, 0.6) is 0 Å². The topological polar surface area (TPSA) is 40.5 Å². The van der Waals surface area contributed by atoms with Crippen LogP contribution in [0.25, 0.3) is 0 Å². The van der Waals surface area contributed by atoms with Gasteiger partial charge in [0.05, 0.1) is 6.10 Å². The van der Waals surface area contributed by atoms with E-state index < -0.39 is 0 Å². The van der Waals surface area contributed by atoms with Crippen molar-refractivity contribution in [2.24, 2.45) is 5.92 Å². The van der Waals surface area contributed by atoms with Crippen molar-refractivity contribution < 1.29 is 10.2 Å². The smallest absolute Gasteiger partial charge is 0.0577 e. The molecule has 0 amide bonds. The minimum atomic E-state index is -0.197. The van der Waals surface area contributed by atoms with Crippen LogP contribution in [0.4, 0.5) is 0 Å². The normalized spacial score (nSPS) is 32.7. The van der Waals surface area contributed by atoms with Gasteiger partial charge < -0.3 is 10.2 Å². The van der Waals surface area contributed by atoms with Crippen LogP contribution in [0.2, 0.25) is 0 Å². The van der Waals surface area contributed by atoms with E-state index in [0.717, 1.165) is 37.7 Å². The van der Waals surface area contributed by atoms with Crippen molar-refractivity contribution in [1.82, 2.24) is 0 Å². The number of aliphatic hydroxyl groups is 2. The van der Waals surface area contributed by atoms with Gasteiger partial charge in [-0.3, -0.25) is 0 Å². The van der Waals surface area contributed by atoms with E-state index in [0.29, 0.717) is 5.92 Å². The van der Waals surface area contributed by atoms with Crippen LogP contribution in [0.15, 0.2) is 12.2 Å². The van der Waals surface area contributed by atoms with E-state index in [1.807, 2.05) is 0 Å². The highest BCUT2D eigenvalue weighted by Crippen LogP contribution is 2.24. The third-order valence-electron chi connectivity index (χ3n) is 2.51. The molecule has 1 rings (SSSR count). The molecule has 0 spiro atoms. The number of hydrogen-bond acceptors (Lipinski definition) is 2. The molecule has 2 N–H and O–H groups in total. The van der Waals surface area contributed by atoms with Gasteiger partial charge in [-0.25, -0.2) is 0 Å². The molecule has 0 unspecified atom stereocenters. The summed E-state index contributed by atoms with van der Waals surface area (Å²) in [4.78, 5) is 0. The summed E-state index contributed by atoms with van der Waals surface area (Å²) in [6.45, 7) is 4.15. The summed E-state index contributed by atoms with van der Waals surface area (Å²) in [5, 5.41) is 18.4. The van der Waals surface area contributed by atoms with E-state index in [4.69, 9.17) is 5.11 Å². The maximum Gasteiger partial charge on any atom is 0.0577 e. The first-order valence-corrected chi connectivity index (χ1v) is 4.68. The summed E-state index contributed by atoms with van der Waals surface area (Å²) >= 11 is 0. The maximum absolute atomic E-state index is 9.42. The van der Waals surface area contributed by atoms with Gasteiger partial charge in [-0.2, -0.15) is 0 Å². The highest BCUT2D eigenvalue weighted by atomic mass is 16.3. The first kappa shape index (κ1) is 9.75. The second kappa shape index (κ2) is 4.63. The van der Waals surface area contributed by atoms with Gasteiger partial charge in [0.1, 0.15) is 0 Å². The largest absolute Gasteiger partial charge is 0.396 e. The summed E-state index contributed by atoms with van der Waals surface area (Å²) < 4.78 is 0. The summed E-state index contributed by atoms with van der Waals surface area (Å²) in [6, 6.07) is 0. The van der Waals surface area contributed by atoms with E-state index in [9.17, 15) is 5.11 Å². The van der Waals surface area contributed by atoms with Gasteiger partial charge in [0.15, 0.2) is 0 Å². The minimum absolute atomic E-state index is 0.197. The van der Waals surface area contributed by atoms with Gasteiger partial charge in [0.25, 0.3) is 0 Å². The van der Waals surface area contributed by atoms with Crippen molar-refractivity contribution in [2.75, 3.05) is 6.61 Å². The first-order chi connectivity index (χ1) is 5.72. The van der Waals surface area contributed by atoms with Crippen LogP contribution in [0, 0.1) is 5.92 Å². The van der Waals surface area contributed by atoms with Crippen molar-refractivity contribution in [1.29, 1.82) is 0 Å². The van der Waals surface area contributed by atoms with Crippen LogP contribution in [-0.2, 0) is 0 Å².